The quantitative estimate of drug-likeness (QED) is 0.460. The van der Waals surface area contributed by atoms with Crippen molar-refractivity contribution in [2.45, 2.75) is 53.4 Å². The molecule has 140 valence electrons. The van der Waals surface area contributed by atoms with Crippen molar-refractivity contribution in [3.05, 3.63) is 46.6 Å². The molecule has 0 aliphatic heterocycles. The van der Waals surface area contributed by atoms with Crippen molar-refractivity contribution in [2.75, 3.05) is 26.4 Å². The van der Waals surface area contributed by atoms with E-state index >= 15 is 0 Å². The van der Waals surface area contributed by atoms with E-state index in [1.807, 2.05) is 52.0 Å². The van der Waals surface area contributed by atoms with E-state index in [1.165, 1.54) is 11.1 Å². The van der Waals surface area contributed by atoms with Gasteiger partial charge in [-0.05, 0) is 53.4 Å². The molecular weight excluding hydrogens is 304 g/mol. The first kappa shape index (κ1) is 25.0. The van der Waals surface area contributed by atoms with Crippen LogP contribution in [0.5, 0.6) is 0 Å². The minimum absolute atomic E-state index is 0.120. The van der Waals surface area contributed by atoms with Gasteiger partial charge in [-0.3, -0.25) is 0 Å². The van der Waals surface area contributed by atoms with Crippen molar-refractivity contribution < 1.29 is 20.4 Å². The maximum atomic E-state index is 8.68. The number of hydrogen-bond acceptors (Lipinski definition) is 4. The highest BCUT2D eigenvalue weighted by Gasteiger charge is 1.89. The van der Waals surface area contributed by atoms with E-state index in [1.54, 1.807) is 0 Å². The third-order valence-corrected chi connectivity index (χ3v) is 3.44. The van der Waals surface area contributed by atoms with Crippen LogP contribution in [0.3, 0.4) is 0 Å². The maximum Gasteiger partial charge on any atom is 0.0639 e. The van der Waals surface area contributed by atoms with E-state index in [-0.39, 0.29) is 26.4 Å². The molecule has 0 radical (unpaired) electrons. The molecule has 0 aromatic carbocycles. The van der Waals surface area contributed by atoms with Gasteiger partial charge in [0.1, 0.15) is 0 Å². The molecule has 0 atom stereocenters. The lowest BCUT2D eigenvalue weighted by molar-refractivity contribution is 0.330. The van der Waals surface area contributed by atoms with Crippen molar-refractivity contribution in [3.8, 4) is 0 Å². The molecule has 0 aromatic heterocycles. The van der Waals surface area contributed by atoms with Crippen LogP contribution >= 0.6 is 0 Å². The van der Waals surface area contributed by atoms with Gasteiger partial charge in [0.25, 0.3) is 0 Å². The summed E-state index contributed by atoms with van der Waals surface area (Å²) in [5.74, 6) is 0. The van der Waals surface area contributed by atoms with E-state index in [4.69, 9.17) is 20.4 Å². The van der Waals surface area contributed by atoms with E-state index in [2.05, 4.69) is 0 Å². The maximum absolute atomic E-state index is 8.68. The van der Waals surface area contributed by atoms with Crippen molar-refractivity contribution >= 4 is 0 Å². The lowest BCUT2D eigenvalue weighted by Gasteiger charge is -1.97. The van der Waals surface area contributed by atoms with Gasteiger partial charge >= 0.3 is 0 Å². The Labute approximate surface area is 147 Å². The normalized spacial score (nSPS) is 13.7. The minimum atomic E-state index is 0.120. The highest BCUT2D eigenvalue weighted by Crippen LogP contribution is 2.06. The van der Waals surface area contributed by atoms with E-state index in [0.29, 0.717) is 0 Å². The van der Waals surface area contributed by atoms with Gasteiger partial charge in [-0.15, -0.1) is 0 Å². The molecule has 0 saturated heterocycles. The Bertz CT molecular complexity index is 377. The molecule has 0 saturated carbocycles. The molecule has 0 aliphatic carbocycles. The summed E-state index contributed by atoms with van der Waals surface area (Å²) in [5.41, 5.74) is 4.40. The summed E-state index contributed by atoms with van der Waals surface area (Å²) in [6.45, 7) is 8.33. The fourth-order valence-corrected chi connectivity index (χ4v) is 1.74. The van der Waals surface area contributed by atoms with Crippen molar-refractivity contribution in [1.29, 1.82) is 0 Å². The van der Waals surface area contributed by atoms with Crippen molar-refractivity contribution in [1.82, 2.24) is 0 Å². The topological polar surface area (TPSA) is 80.9 Å². The first-order valence-corrected chi connectivity index (χ1v) is 8.47. The van der Waals surface area contributed by atoms with Gasteiger partial charge in [0.05, 0.1) is 26.4 Å². The van der Waals surface area contributed by atoms with Crippen molar-refractivity contribution in [3.63, 3.8) is 0 Å². The summed E-state index contributed by atoms with van der Waals surface area (Å²) in [4.78, 5) is 0. The zero-order valence-corrected chi connectivity index (χ0v) is 15.8. The molecule has 0 aliphatic rings. The van der Waals surface area contributed by atoms with Gasteiger partial charge in [0.15, 0.2) is 0 Å². The van der Waals surface area contributed by atoms with Gasteiger partial charge in [-0.25, -0.2) is 0 Å². The fraction of sp³-hybridized carbons (Fsp3) is 0.600. The molecular formula is C20H36O4. The van der Waals surface area contributed by atoms with Gasteiger partial charge in [-0.2, -0.15) is 0 Å². The van der Waals surface area contributed by atoms with Crippen LogP contribution in [0.25, 0.3) is 0 Å². The molecule has 0 rings (SSSR count). The van der Waals surface area contributed by atoms with Gasteiger partial charge in [0.2, 0.25) is 0 Å². The Hall–Kier alpha value is -1.20. The monoisotopic (exact) mass is 340 g/mol. The molecule has 0 heterocycles. The van der Waals surface area contributed by atoms with Crippen LogP contribution in [-0.2, 0) is 0 Å². The standard InChI is InChI=1S/2C10H18O2/c2*1-9(6-7-11)4-3-5-10(2)8-12/h2*5-6,11-12H,3-4,7-8H2,1-2H3/b2*9-6+,10-5+. The Morgan fingerprint density at radius 2 is 0.875 bits per heavy atom. The summed E-state index contributed by atoms with van der Waals surface area (Å²) >= 11 is 0. The Kier molecular flexibility index (Phi) is 18.9. The first-order chi connectivity index (χ1) is 11.4. The van der Waals surface area contributed by atoms with E-state index < -0.39 is 0 Å². The van der Waals surface area contributed by atoms with Crippen LogP contribution in [0, 0.1) is 0 Å². The fourth-order valence-electron chi connectivity index (χ4n) is 1.74. The summed E-state index contributed by atoms with van der Waals surface area (Å²) in [7, 11) is 0. The SMILES string of the molecule is C/C(=C\CC/C(C)=C/CO)CO.C/C(=C\CC/C(C)=C/CO)CO. The molecule has 4 nitrogen and oxygen atoms in total. The largest absolute Gasteiger partial charge is 0.392 e. The summed E-state index contributed by atoms with van der Waals surface area (Å²) in [6.07, 6.45) is 11.5. The molecule has 0 aromatic rings. The predicted molar refractivity (Wildman–Crippen MR) is 102 cm³/mol. The first-order valence-electron chi connectivity index (χ1n) is 8.47. The minimum Gasteiger partial charge on any atom is -0.392 e. The molecule has 0 bridgehead atoms. The lowest BCUT2D eigenvalue weighted by atomic mass is 10.1. The second-order valence-corrected chi connectivity index (χ2v) is 5.96. The van der Waals surface area contributed by atoms with Crippen molar-refractivity contribution in [2.24, 2.45) is 0 Å². The van der Waals surface area contributed by atoms with E-state index in [0.717, 1.165) is 36.8 Å². The third-order valence-electron chi connectivity index (χ3n) is 3.44. The number of rotatable bonds is 10. The number of aliphatic hydroxyl groups excluding tert-OH is 4. The smallest absolute Gasteiger partial charge is 0.0639 e. The second kappa shape index (κ2) is 18.1. The van der Waals surface area contributed by atoms with Gasteiger partial charge in [0, 0.05) is 0 Å². The van der Waals surface area contributed by atoms with Crippen LogP contribution in [0.15, 0.2) is 46.6 Å². The Morgan fingerprint density at radius 1 is 0.542 bits per heavy atom. The number of hydrogen-bond donors (Lipinski definition) is 4. The van der Waals surface area contributed by atoms with Crippen LogP contribution in [0.2, 0.25) is 0 Å². The number of allylic oxidation sites excluding steroid dienone is 4. The van der Waals surface area contributed by atoms with E-state index in [9.17, 15) is 0 Å². The second-order valence-electron chi connectivity index (χ2n) is 5.96. The molecule has 24 heavy (non-hydrogen) atoms. The zero-order valence-electron chi connectivity index (χ0n) is 15.8. The average Bonchev–Trinajstić information content (AvgIpc) is 2.55. The van der Waals surface area contributed by atoms with Crippen LogP contribution < -0.4 is 0 Å². The van der Waals surface area contributed by atoms with Gasteiger partial charge < -0.3 is 20.4 Å². The molecule has 0 fully saturated rings. The Balaban J connectivity index is 0. The Morgan fingerprint density at radius 3 is 1.12 bits per heavy atom. The number of aliphatic hydroxyl groups is 4. The van der Waals surface area contributed by atoms with Crippen LogP contribution in [0.1, 0.15) is 53.4 Å². The molecule has 0 unspecified atom stereocenters. The molecule has 4 N–H and O–H groups in total. The molecule has 0 spiro atoms. The highest BCUT2D eigenvalue weighted by atomic mass is 16.3. The van der Waals surface area contributed by atoms with Crippen LogP contribution in [-0.4, -0.2) is 46.9 Å². The van der Waals surface area contributed by atoms with Gasteiger partial charge in [-0.1, -0.05) is 46.6 Å². The predicted octanol–water partition coefficient (Wildman–Crippen LogP) is 3.29. The summed E-state index contributed by atoms with van der Waals surface area (Å²) < 4.78 is 0. The third kappa shape index (κ3) is 18.8. The molecule has 0 amide bonds. The van der Waals surface area contributed by atoms with Crippen LogP contribution in [0.4, 0.5) is 0 Å². The molecule has 4 heteroatoms. The average molecular weight is 341 g/mol. The zero-order chi connectivity index (χ0) is 18.8. The lowest BCUT2D eigenvalue weighted by Crippen LogP contribution is -1.85. The summed E-state index contributed by atoms with van der Waals surface area (Å²) in [6, 6.07) is 0. The highest BCUT2D eigenvalue weighted by molar-refractivity contribution is 5.04. The summed E-state index contributed by atoms with van der Waals surface area (Å²) in [5, 5.41) is 34.5.